The number of isothiocyanates is 1. The average Bonchev–Trinajstić information content (AvgIpc) is 2.31. The van der Waals surface area contributed by atoms with Crippen LogP contribution in [0.1, 0.15) is 0 Å². The molecule has 0 aromatic heterocycles. The molecule has 2 aromatic rings. The van der Waals surface area contributed by atoms with Crippen molar-refractivity contribution in [2.45, 2.75) is 0 Å². The predicted octanol–water partition coefficient (Wildman–Crippen LogP) is 4.88. The first kappa shape index (κ1) is 11.9. The van der Waals surface area contributed by atoms with Gasteiger partial charge in [-0.3, -0.25) is 0 Å². The normalized spacial score (nSPS) is 9.76. The van der Waals surface area contributed by atoms with E-state index in [1.807, 2.05) is 6.07 Å². The Morgan fingerprint density at radius 3 is 2.41 bits per heavy atom. The van der Waals surface area contributed by atoms with Crippen molar-refractivity contribution < 1.29 is 4.39 Å². The SMILES string of the molecule is Fc1ccc(-c2ccc(N=C=S)cc2Cl)cc1. The molecule has 0 bridgehead atoms. The number of aliphatic imine (C=N–C) groups is 1. The molecule has 0 saturated carbocycles. The van der Waals surface area contributed by atoms with E-state index in [1.165, 1.54) is 12.1 Å². The topological polar surface area (TPSA) is 12.4 Å². The highest BCUT2D eigenvalue weighted by atomic mass is 35.5. The number of rotatable bonds is 2. The third kappa shape index (κ3) is 2.77. The van der Waals surface area contributed by atoms with Gasteiger partial charge in [-0.25, -0.2) is 4.39 Å². The molecule has 1 nitrogen and oxygen atoms in total. The third-order valence-corrected chi connectivity index (χ3v) is 2.69. The second-order valence-electron chi connectivity index (χ2n) is 3.37. The van der Waals surface area contributed by atoms with Crippen molar-refractivity contribution in [2.75, 3.05) is 0 Å². The van der Waals surface area contributed by atoms with Crippen molar-refractivity contribution in [3.8, 4) is 11.1 Å². The van der Waals surface area contributed by atoms with Gasteiger partial charge in [-0.2, -0.15) is 4.99 Å². The van der Waals surface area contributed by atoms with Crippen LogP contribution in [0.3, 0.4) is 0 Å². The Morgan fingerprint density at radius 1 is 1.12 bits per heavy atom. The molecule has 0 aliphatic rings. The summed E-state index contributed by atoms with van der Waals surface area (Å²) in [5, 5.41) is 2.82. The van der Waals surface area contributed by atoms with Crippen LogP contribution >= 0.6 is 23.8 Å². The van der Waals surface area contributed by atoms with Crippen molar-refractivity contribution in [1.29, 1.82) is 0 Å². The zero-order valence-electron chi connectivity index (χ0n) is 8.65. The van der Waals surface area contributed by atoms with Crippen LogP contribution in [0.5, 0.6) is 0 Å². The Hall–Kier alpha value is -1.54. The van der Waals surface area contributed by atoms with Crippen molar-refractivity contribution >= 4 is 34.7 Å². The van der Waals surface area contributed by atoms with Gasteiger partial charge in [0.1, 0.15) is 5.82 Å². The number of nitrogens with zero attached hydrogens (tertiary/aromatic N) is 1. The summed E-state index contributed by atoms with van der Waals surface area (Å²) in [5.74, 6) is -0.271. The lowest BCUT2D eigenvalue weighted by Gasteiger charge is -2.04. The van der Waals surface area contributed by atoms with Crippen LogP contribution in [0, 0.1) is 5.82 Å². The van der Waals surface area contributed by atoms with Crippen LogP contribution in [0.15, 0.2) is 47.5 Å². The average molecular weight is 264 g/mol. The molecular formula is C13H7ClFNS. The summed E-state index contributed by atoms with van der Waals surface area (Å²) in [6.45, 7) is 0. The van der Waals surface area contributed by atoms with E-state index in [2.05, 4.69) is 22.4 Å². The summed E-state index contributed by atoms with van der Waals surface area (Å²) in [6, 6.07) is 11.4. The molecular weight excluding hydrogens is 257 g/mol. The van der Waals surface area contributed by atoms with Gasteiger partial charge < -0.3 is 0 Å². The van der Waals surface area contributed by atoms with E-state index in [1.54, 1.807) is 24.3 Å². The smallest absolute Gasteiger partial charge is 0.123 e. The minimum Gasteiger partial charge on any atom is -0.207 e. The van der Waals surface area contributed by atoms with Crippen molar-refractivity contribution in [1.82, 2.24) is 0 Å². The molecule has 0 aliphatic carbocycles. The standard InChI is InChI=1S/C13H7ClFNS/c14-13-7-11(16-8-17)5-6-12(13)9-1-3-10(15)4-2-9/h1-7H. The molecule has 0 atom stereocenters. The highest BCUT2D eigenvalue weighted by Gasteiger charge is 2.04. The first-order valence-corrected chi connectivity index (χ1v) is 5.62. The van der Waals surface area contributed by atoms with E-state index in [-0.39, 0.29) is 5.82 Å². The van der Waals surface area contributed by atoms with E-state index < -0.39 is 0 Å². The zero-order chi connectivity index (χ0) is 12.3. The maximum Gasteiger partial charge on any atom is 0.123 e. The zero-order valence-corrected chi connectivity index (χ0v) is 10.2. The van der Waals surface area contributed by atoms with Gasteiger partial charge in [0.05, 0.1) is 15.9 Å². The van der Waals surface area contributed by atoms with Gasteiger partial charge >= 0.3 is 0 Å². The van der Waals surface area contributed by atoms with E-state index in [9.17, 15) is 4.39 Å². The Kier molecular flexibility index (Phi) is 3.64. The first-order chi connectivity index (χ1) is 8.20. The molecule has 0 unspecified atom stereocenters. The molecule has 0 amide bonds. The van der Waals surface area contributed by atoms with E-state index in [4.69, 9.17) is 11.6 Å². The molecule has 0 N–H and O–H groups in total. The monoisotopic (exact) mass is 263 g/mol. The minimum absolute atomic E-state index is 0.271. The highest BCUT2D eigenvalue weighted by Crippen LogP contribution is 2.31. The van der Waals surface area contributed by atoms with Crippen LogP contribution in [-0.2, 0) is 0 Å². The fourth-order valence-corrected chi connectivity index (χ4v) is 1.88. The quantitative estimate of drug-likeness (QED) is 0.556. The van der Waals surface area contributed by atoms with Crippen molar-refractivity contribution in [3.05, 3.63) is 53.3 Å². The number of thiocarbonyl (C=S) groups is 1. The van der Waals surface area contributed by atoms with Gasteiger partial charge in [0.25, 0.3) is 0 Å². The molecule has 2 rings (SSSR count). The van der Waals surface area contributed by atoms with Crippen LogP contribution < -0.4 is 0 Å². The van der Waals surface area contributed by atoms with Crippen LogP contribution in [0.25, 0.3) is 11.1 Å². The summed E-state index contributed by atoms with van der Waals surface area (Å²) in [6.07, 6.45) is 0. The fourth-order valence-electron chi connectivity index (χ4n) is 1.49. The molecule has 4 heteroatoms. The molecule has 2 aromatic carbocycles. The summed E-state index contributed by atoms with van der Waals surface area (Å²) < 4.78 is 12.8. The van der Waals surface area contributed by atoms with Crippen LogP contribution in [0.4, 0.5) is 10.1 Å². The minimum atomic E-state index is -0.271. The van der Waals surface area contributed by atoms with Gasteiger partial charge in [0.2, 0.25) is 0 Å². The number of halogens is 2. The summed E-state index contributed by atoms with van der Waals surface area (Å²) in [5.41, 5.74) is 2.33. The van der Waals surface area contributed by atoms with E-state index in [0.29, 0.717) is 10.7 Å². The summed E-state index contributed by atoms with van der Waals surface area (Å²) in [4.78, 5) is 3.84. The first-order valence-electron chi connectivity index (χ1n) is 4.84. The van der Waals surface area contributed by atoms with Crippen molar-refractivity contribution in [2.24, 2.45) is 4.99 Å². The molecule has 0 radical (unpaired) electrons. The highest BCUT2D eigenvalue weighted by molar-refractivity contribution is 7.78. The van der Waals surface area contributed by atoms with Crippen molar-refractivity contribution in [3.63, 3.8) is 0 Å². The number of hydrogen-bond donors (Lipinski definition) is 0. The lowest BCUT2D eigenvalue weighted by molar-refractivity contribution is 0.628. The van der Waals surface area contributed by atoms with E-state index >= 15 is 0 Å². The van der Waals surface area contributed by atoms with Gasteiger partial charge in [0.15, 0.2) is 0 Å². The lowest BCUT2D eigenvalue weighted by atomic mass is 10.1. The fraction of sp³-hybridized carbons (Fsp3) is 0. The molecule has 0 aliphatic heterocycles. The summed E-state index contributed by atoms with van der Waals surface area (Å²) >= 11 is 10.6. The van der Waals surface area contributed by atoms with Gasteiger partial charge in [0, 0.05) is 5.56 Å². The number of benzene rings is 2. The third-order valence-electron chi connectivity index (χ3n) is 2.28. The van der Waals surface area contributed by atoms with Gasteiger partial charge in [-0.1, -0.05) is 29.8 Å². The maximum absolute atomic E-state index is 12.8. The predicted molar refractivity (Wildman–Crippen MR) is 71.5 cm³/mol. The molecule has 0 spiro atoms. The maximum atomic E-state index is 12.8. The van der Waals surface area contributed by atoms with Gasteiger partial charge in [-0.05, 0) is 42.0 Å². The second kappa shape index (κ2) is 5.19. The molecule has 17 heavy (non-hydrogen) atoms. The second-order valence-corrected chi connectivity index (χ2v) is 3.96. The Morgan fingerprint density at radius 2 is 1.82 bits per heavy atom. The molecule has 0 saturated heterocycles. The molecule has 0 heterocycles. The number of hydrogen-bond acceptors (Lipinski definition) is 2. The van der Waals surface area contributed by atoms with Crippen LogP contribution in [0.2, 0.25) is 5.02 Å². The van der Waals surface area contributed by atoms with E-state index in [0.717, 1.165) is 11.1 Å². The summed E-state index contributed by atoms with van der Waals surface area (Å²) in [7, 11) is 0. The Balaban J connectivity index is 2.46. The lowest BCUT2D eigenvalue weighted by Crippen LogP contribution is -1.80. The largest absolute Gasteiger partial charge is 0.207 e. The Labute approximate surface area is 109 Å². The Bertz CT molecular complexity index is 589. The molecule has 0 fully saturated rings. The van der Waals surface area contributed by atoms with Gasteiger partial charge in [-0.15, -0.1) is 0 Å². The molecule has 84 valence electrons. The van der Waals surface area contributed by atoms with Crippen LogP contribution in [-0.4, -0.2) is 5.16 Å².